The van der Waals surface area contributed by atoms with Crippen LogP contribution < -0.4 is 10.6 Å². The molecule has 6 heteroatoms. The average Bonchev–Trinajstić information content (AvgIpc) is 3.27. The van der Waals surface area contributed by atoms with Crippen LogP contribution in [-0.4, -0.2) is 41.6 Å². The number of nitrogens with zero attached hydrogens (tertiary/aromatic N) is 2. The van der Waals surface area contributed by atoms with Crippen molar-refractivity contribution in [1.82, 2.24) is 20.4 Å². The van der Waals surface area contributed by atoms with E-state index < -0.39 is 0 Å². The number of benzene rings is 1. The number of hydrogen-bond donors (Lipinski definition) is 2. The molecule has 2 amide bonds. The van der Waals surface area contributed by atoms with E-state index >= 15 is 0 Å². The molecule has 1 fully saturated rings. The zero-order chi connectivity index (χ0) is 16.8. The Morgan fingerprint density at radius 3 is 2.83 bits per heavy atom. The Bertz CT molecular complexity index is 640. The Balaban J connectivity index is 1.39. The second kappa shape index (κ2) is 7.97. The smallest absolute Gasteiger partial charge is 0.315 e. The van der Waals surface area contributed by atoms with E-state index in [1.165, 1.54) is 5.56 Å². The molecule has 6 nitrogen and oxygen atoms in total. The van der Waals surface area contributed by atoms with Crippen LogP contribution in [0.2, 0.25) is 0 Å². The number of urea groups is 1. The van der Waals surface area contributed by atoms with Gasteiger partial charge in [0, 0.05) is 32.1 Å². The SMILES string of the molecule is CO[C@@H]1CC[C@H](NC(=O)NCCc2ccc(-n3cccn3)cc2)C1. The van der Waals surface area contributed by atoms with Gasteiger partial charge in [-0.1, -0.05) is 12.1 Å². The summed E-state index contributed by atoms with van der Waals surface area (Å²) in [5.74, 6) is 0. The maximum atomic E-state index is 11.9. The van der Waals surface area contributed by atoms with Crippen molar-refractivity contribution in [3.8, 4) is 5.69 Å². The summed E-state index contributed by atoms with van der Waals surface area (Å²) in [4.78, 5) is 11.9. The van der Waals surface area contributed by atoms with E-state index in [0.29, 0.717) is 6.54 Å². The third kappa shape index (κ3) is 4.35. The molecule has 2 aromatic rings. The molecule has 0 bridgehead atoms. The van der Waals surface area contributed by atoms with E-state index in [-0.39, 0.29) is 18.2 Å². The molecule has 2 N–H and O–H groups in total. The van der Waals surface area contributed by atoms with E-state index in [1.54, 1.807) is 13.3 Å². The van der Waals surface area contributed by atoms with E-state index in [0.717, 1.165) is 31.4 Å². The summed E-state index contributed by atoms with van der Waals surface area (Å²) in [7, 11) is 1.73. The molecule has 1 aliphatic rings. The first kappa shape index (κ1) is 16.5. The highest BCUT2D eigenvalue weighted by Gasteiger charge is 2.25. The largest absolute Gasteiger partial charge is 0.381 e. The Kier molecular flexibility index (Phi) is 5.48. The number of hydrogen-bond acceptors (Lipinski definition) is 3. The monoisotopic (exact) mass is 328 g/mol. The van der Waals surface area contributed by atoms with Crippen LogP contribution in [0.3, 0.4) is 0 Å². The van der Waals surface area contributed by atoms with E-state index in [4.69, 9.17) is 4.74 Å². The lowest BCUT2D eigenvalue weighted by atomic mass is 10.1. The van der Waals surface area contributed by atoms with Gasteiger partial charge in [0.1, 0.15) is 0 Å². The molecule has 2 atom stereocenters. The van der Waals surface area contributed by atoms with E-state index in [1.807, 2.05) is 29.1 Å². The van der Waals surface area contributed by atoms with Crippen LogP contribution in [0.5, 0.6) is 0 Å². The van der Waals surface area contributed by atoms with Gasteiger partial charge in [-0.15, -0.1) is 0 Å². The van der Waals surface area contributed by atoms with Crippen molar-refractivity contribution in [3.63, 3.8) is 0 Å². The third-order valence-corrected chi connectivity index (χ3v) is 4.46. The normalized spacial score (nSPS) is 20.0. The summed E-state index contributed by atoms with van der Waals surface area (Å²) in [6.07, 6.45) is 7.67. The third-order valence-electron chi connectivity index (χ3n) is 4.46. The molecular formula is C18H24N4O2. The minimum atomic E-state index is -0.0927. The fourth-order valence-corrected chi connectivity index (χ4v) is 3.08. The lowest BCUT2D eigenvalue weighted by Crippen LogP contribution is -2.41. The second-order valence-electron chi connectivity index (χ2n) is 6.14. The van der Waals surface area contributed by atoms with Crippen LogP contribution in [0.25, 0.3) is 5.69 Å². The highest BCUT2D eigenvalue weighted by Crippen LogP contribution is 2.21. The quantitative estimate of drug-likeness (QED) is 0.855. The molecule has 1 heterocycles. The minimum Gasteiger partial charge on any atom is -0.381 e. The lowest BCUT2D eigenvalue weighted by molar-refractivity contribution is 0.107. The predicted molar refractivity (Wildman–Crippen MR) is 92.2 cm³/mol. The number of carbonyl (C=O) groups excluding carboxylic acids is 1. The highest BCUT2D eigenvalue weighted by molar-refractivity contribution is 5.74. The minimum absolute atomic E-state index is 0.0927. The molecule has 0 unspecified atom stereocenters. The number of rotatable bonds is 6. The van der Waals surface area contributed by atoms with Crippen molar-refractivity contribution in [2.24, 2.45) is 0 Å². The van der Waals surface area contributed by atoms with Gasteiger partial charge in [0.15, 0.2) is 0 Å². The summed E-state index contributed by atoms with van der Waals surface area (Å²) < 4.78 is 7.14. The van der Waals surface area contributed by atoms with Crippen LogP contribution in [0, 0.1) is 0 Å². The van der Waals surface area contributed by atoms with Gasteiger partial charge in [-0.25, -0.2) is 9.48 Å². The first-order chi connectivity index (χ1) is 11.7. The fraction of sp³-hybridized carbons (Fsp3) is 0.444. The Hall–Kier alpha value is -2.34. The van der Waals surface area contributed by atoms with Gasteiger partial charge in [0.25, 0.3) is 0 Å². The predicted octanol–water partition coefficient (Wildman–Crippen LogP) is 2.28. The van der Waals surface area contributed by atoms with Crippen LogP contribution in [0.15, 0.2) is 42.7 Å². The standard InChI is InChI=1S/C18H24N4O2/c1-24-17-8-5-15(13-17)21-18(23)19-11-9-14-3-6-16(7-4-14)22-12-2-10-20-22/h2-4,6-7,10,12,15,17H,5,8-9,11,13H2,1H3,(H2,19,21,23)/t15-,17+/m0/s1. The summed E-state index contributed by atoms with van der Waals surface area (Å²) in [6, 6.07) is 10.2. The molecule has 1 aromatic heterocycles. The Morgan fingerprint density at radius 2 is 2.17 bits per heavy atom. The van der Waals surface area contributed by atoms with Crippen molar-refractivity contribution in [2.75, 3.05) is 13.7 Å². The molecule has 0 saturated heterocycles. The number of amides is 2. The van der Waals surface area contributed by atoms with Crippen LogP contribution in [0.4, 0.5) is 4.79 Å². The van der Waals surface area contributed by atoms with Crippen molar-refractivity contribution in [2.45, 2.75) is 37.8 Å². The molecule has 1 saturated carbocycles. The number of ether oxygens (including phenoxy) is 1. The Morgan fingerprint density at radius 1 is 1.33 bits per heavy atom. The maximum Gasteiger partial charge on any atom is 0.315 e. The molecule has 24 heavy (non-hydrogen) atoms. The Labute approximate surface area is 142 Å². The molecule has 3 rings (SSSR count). The van der Waals surface area contributed by atoms with Gasteiger partial charge >= 0.3 is 6.03 Å². The first-order valence-electron chi connectivity index (χ1n) is 8.40. The summed E-state index contributed by atoms with van der Waals surface area (Å²) >= 11 is 0. The van der Waals surface area contributed by atoms with Gasteiger partial charge in [-0.2, -0.15) is 5.10 Å². The number of nitrogens with one attached hydrogen (secondary N) is 2. The summed E-state index contributed by atoms with van der Waals surface area (Å²) in [5, 5.41) is 10.1. The van der Waals surface area contributed by atoms with E-state index in [9.17, 15) is 4.79 Å². The van der Waals surface area contributed by atoms with Gasteiger partial charge < -0.3 is 15.4 Å². The summed E-state index contributed by atoms with van der Waals surface area (Å²) in [5.41, 5.74) is 2.22. The zero-order valence-electron chi connectivity index (χ0n) is 13.9. The zero-order valence-corrected chi connectivity index (χ0v) is 13.9. The topological polar surface area (TPSA) is 68.2 Å². The van der Waals surface area contributed by atoms with E-state index in [2.05, 4.69) is 27.9 Å². The van der Waals surface area contributed by atoms with Crippen LogP contribution >= 0.6 is 0 Å². The van der Waals surface area contributed by atoms with Crippen molar-refractivity contribution in [1.29, 1.82) is 0 Å². The molecule has 1 aromatic carbocycles. The molecule has 0 spiro atoms. The van der Waals surface area contributed by atoms with Crippen molar-refractivity contribution >= 4 is 6.03 Å². The molecule has 1 aliphatic carbocycles. The van der Waals surface area contributed by atoms with Gasteiger partial charge in [0.2, 0.25) is 0 Å². The van der Waals surface area contributed by atoms with Gasteiger partial charge in [0.05, 0.1) is 11.8 Å². The van der Waals surface area contributed by atoms with Crippen molar-refractivity contribution in [3.05, 3.63) is 48.3 Å². The number of methoxy groups -OCH3 is 1. The first-order valence-corrected chi connectivity index (χ1v) is 8.40. The van der Waals surface area contributed by atoms with Gasteiger partial charge in [-0.05, 0) is 49.4 Å². The molecule has 0 aliphatic heterocycles. The maximum absolute atomic E-state index is 11.9. The lowest BCUT2D eigenvalue weighted by Gasteiger charge is -2.14. The average molecular weight is 328 g/mol. The molecule has 0 radical (unpaired) electrons. The number of aromatic nitrogens is 2. The second-order valence-corrected chi connectivity index (χ2v) is 6.14. The van der Waals surface area contributed by atoms with Crippen molar-refractivity contribution < 1.29 is 9.53 Å². The van der Waals surface area contributed by atoms with Gasteiger partial charge in [-0.3, -0.25) is 0 Å². The summed E-state index contributed by atoms with van der Waals surface area (Å²) in [6.45, 7) is 0.618. The highest BCUT2D eigenvalue weighted by atomic mass is 16.5. The fourth-order valence-electron chi connectivity index (χ4n) is 3.08. The molecule has 128 valence electrons. The molecular weight excluding hydrogens is 304 g/mol. The van der Waals surface area contributed by atoms with Crippen LogP contribution in [0.1, 0.15) is 24.8 Å². The number of carbonyl (C=O) groups is 1. The van der Waals surface area contributed by atoms with Crippen LogP contribution in [-0.2, 0) is 11.2 Å².